The smallest absolute Gasteiger partial charge is 0.263 e. The Morgan fingerprint density at radius 1 is 1.12 bits per heavy atom. The van der Waals surface area contributed by atoms with Crippen LogP contribution < -0.4 is 25.0 Å². The molecule has 172 valence electrons. The summed E-state index contributed by atoms with van der Waals surface area (Å²) in [5.74, 6) is 1.20. The number of hydrogen-bond donors (Lipinski definition) is 2. The maximum atomic E-state index is 12.8. The largest absolute Gasteiger partial charge is 0.497 e. The van der Waals surface area contributed by atoms with Crippen LogP contribution in [0, 0.1) is 0 Å². The second kappa shape index (κ2) is 11.4. The van der Waals surface area contributed by atoms with Crippen LogP contribution in [0.25, 0.3) is 0 Å². The first-order valence-corrected chi connectivity index (χ1v) is 11.2. The van der Waals surface area contributed by atoms with Crippen LogP contribution in [-0.2, 0) is 16.0 Å². The van der Waals surface area contributed by atoms with Crippen molar-refractivity contribution in [2.45, 2.75) is 45.3 Å². The highest BCUT2D eigenvalue weighted by molar-refractivity contribution is 5.86. The number of fused-ring (bicyclic) bond motifs is 1. The Bertz CT molecular complexity index is 896. The van der Waals surface area contributed by atoms with Gasteiger partial charge in [0.1, 0.15) is 11.5 Å². The second-order valence-electron chi connectivity index (χ2n) is 7.92. The topological polar surface area (TPSA) is 79.9 Å². The molecule has 1 heterocycles. The average Bonchev–Trinajstić information content (AvgIpc) is 2.82. The average molecular weight is 440 g/mol. The molecule has 0 bridgehead atoms. The molecule has 0 spiro atoms. The Labute approximate surface area is 190 Å². The van der Waals surface area contributed by atoms with Crippen LogP contribution in [0.2, 0.25) is 0 Å². The third-order valence-corrected chi connectivity index (χ3v) is 5.72. The summed E-state index contributed by atoms with van der Waals surface area (Å²) in [5, 5.41) is 6.03. The molecule has 0 saturated heterocycles. The molecule has 1 aliphatic rings. The molecule has 7 nitrogen and oxygen atoms in total. The Hall–Kier alpha value is -3.22. The highest BCUT2D eigenvalue weighted by atomic mass is 16.5. The number of para-hydroxylation sites is 2. The maximum Gasteiger partial charge on any atom is 0.263 e. The lowest BCUT2D eigenvalue weighted by atomic mass is 10.1. The number of carbonyl (C=O) groups is 2. The van der Waals surface area contributed by atoms with Crippen molar-refractivity contribution in [3.05, 3.63) is 54.1 Å². The van der Waals surface area contributed by atoms with Gasteiger partial charge in [-0.2, -0.15) is 0 Å². The van der Waals surface area contributed by atoms with Crippen LogP contribution >= 0.6 is 0 Å². The van der Waals surface area contributed by atoms with Gasteiger partial charge in [-0.3, -0.25) is 9.59 Å². The fourth-order valence-electron chi connectivity index (χ4n) is 3.75. The molecule has 1 aliphatic heterocycles. The lowest BCUT2D eigenvalue weighted by Crippen LogP contribution is -2.52. The van der Waals surface area contributed by atoms with Crippen LogP contribution in [0.3, 0.4) is 0 Å². The fraction of sp³-hybridized carbons (Fsp3) is 0.440. The van der Waals surface area contributed by atoms with E-state index < -0.39 is 6.10 Å². The Morgan fingerprint density at radius 2 is 1.84 bits per heavy atom. The van der Waals surface area contributed by atoms with Crippen LogP contribution in [0.15, 0.2) is 48.5 Å². The SMILES string of the molecule is CCC(CC)NC(=O)C1CN(CC(=O)NCCc2ccc(OC)cc2)c2ccccc2O1. The molecule has 1 atom stereocenters. The van der Waals surface area contributed by atoms with Crippen molar-refractivity contribution in [1.82, 2.24) is 10.6 Å². The first kappa shape index (κ1) is 23.4. The van der Waals surface area contributed by atoms with Crippen molar-refractivity contribution in [3.8, 4) is 11.5 Å². The van der Waals surface area contributed by atoms with E-state index in [1.54, 1.807) is 7.11 Å². The molecule has 32 heavy (non-hydrogen) atoms. The summed E-state index contributed by atoms with van der Waals surface area (Å²) in [6.07, 6.45) is 1.81. The van der Waals surface area contributed by atoms with E-state index in [0.717, 1.165) is 36.3 Å². The van der Waals surface area contributed by atoms with Crippen molar-refractivity contribution in [1.29, 1.82) is 0 Å². The Balaban J connectivity index is 1.58. The zero-order valence-corrected chi connectivity index (χ0v) is 19.1. The molecule has 3 rings (SSSR count). The third kappa shape index (κ3) is 6.15. The van der Waals surface area contributed by atoms with Gasteiger partial charge < -0.3 is 25.0 Å². The number of methoxy groups -OCH3 is 1. The first-order chi connectivity index (χ1) is 15.5. The third-order valence-electron chi connectivity index (χ3n) is 5.72. The molecule has 2 N–H and O–H groups in total. The zero-order chi connectivity index (χ0) is 22.9. The van der Waals surface area contributed by atoms with E-state index >= 15 is 0 Å². The van der Waals surface area contributed by atoms with Crippen LogP contribution in [0.1, 0.15) is 32.3 Å². The molecule has 2 amide bonds. The molecule has 0 aliphatic carbocycles. The Morgan fingerprint density at radius 3 is 2.53 bits per heavy atom. The highest BCUT2D eigenvalue weighted by Gasteiger charge is 2.32. The summed E-state index contributed by atoms with van der Waals surface area (Å²) in [7, 11) is 1.64. The lowest BCUT2D eigenvalue weighted by Gasteiger charge is -2.35. The molecular weight excluding hydrogens is 406 g/mol. The number of amides is 2. The summed E-state index contributed by atoms with van der Waals surface area (Å²) in [4.78, 5) is 27.3. The molecule has 0 fully saturated rings. The minimum absolute atomic E-state index is 0.0886. The summed E-state index contributed by atoms with van der Waals surface area (Å²) in [6.45, 7) is 5.13. The number of nitrogens with one attached hydrogen (secondary N) is 2. The molecule has 0 radical (unpaired) electrons. The standard InChI is InChI=1S/C25H33N3O4/c1-4-19(5-2)27-25(30)23-16-28(21-8-6-7-9-22(21)32-23)17-24(29)26-15-14-18-10-12-20(31-3)13-11-18/h6-13,19,23H,4-5,14-17H2,1-3H3,(H,26,29)(H,27,30). The molecule has 7 heteroatoms. The molecular formula is C25H33N3O4. The van der Waals surface area contributed by atoms with E-state index in [1.165, 1.54) is 0 Å². The van der Waals surface area contributed by atoms with Crippen molar-refractivity contribution in [3.63, 3.8) is 0 Å². The molecule has 0 aromatic heterocycles. The normalized spacial score (nSPS) is 15.0. The number of carbonyl (C=O) groups excluding carboxylic acids is 2. The van der Waals surface area contributed by atoms with Gasteiger partial charge in [0.25, 0.3) is 5.91 Å². The van der Waals surface area contributed by atoms with Crippen molar-refractivity contribution in [2.75, 3.05) is 31.6 Å². The predicted octanol–water partition coefficient (Wildman–Crippen LogP) is 2.93. The first-order valence-electron chi connectivity index (χ1n) is 11.2. The molecule has 2 aromatic rings. The van der Waals surface area contributed by atoms with E-state index in [1.807, 2.05) is 67.3 Å². The van der Waals surface area contributed by atoms with Gasteiger partial charge in [-0.05, 0) is 49.1 Å². The number of anilines is 1. The van der Waals surface area contributed by atoms with Gasteiger partial charge in [-0.15, -0.1) is 0 Å². The van der Waals surface area contributed by atoms with E-state index in [0.29, 0.717) is 18.8 Å². The predicted molar refractivity (Wildman–Crippen MR) is 125 cm³/mol. The summed E-state index contributed by atoms with van der Waals surface area (Å²) >= 11 is 0. The van der Waals surface area contributed by atoms with Crippen molar-refractivity contribution < 1.29 is 19.1 Å². The Kier molecular flexibility index (Phi) is 8.36. The van der Waals surface area contributed by atoms with Gasteiger partial charge in [-0.25, -0.2) is 0 Å². The monoisotopic (exact) mass is 439 g/mol. The van der Waals surface area contributed by atoms with Gasteiger partial charge >= 0.3 is 0 Å². The molecule has 1 unspecified atom stereocenters. The van der Waals surface area contributed by atoms with Crippen molar-refractivity contribution in [2.24, 2.45) is 0 Å². The van der Waals surface area contributed by atoms with Crippen molar-refractivity contribution >= 4 is 17.5 Å². The number of ether oxygens (including phenoxy) is 2. The second-order valence-corrected chi connectivity index (χ2v) is 7.92. The van der Waals surface area contributed by atoms with Gasteiger partial charge in [0.05, 0.1) is 25.9 Å². The van der Waals surface area contributed by atoms with Gasteiger partial charge in [0.2, 0.25) is 5.91 Å². The summed E-state index contributed by atoms with van der Waals surface area (Å²) in [5.41, 5.74) is 1.95. The number of hydrogen-bond acceptors (Lipinski definition) is 5. The van der Waals surface area contributed by atoms with E-state index in [4.69, 9.17) is 9.47 Å². The van der Waals surface area contributed by atoms with Crippen LogP contribution in [0.5, 0.6) is 11.5 Å². The van der Waals surface area contributed by atoms with Gasteiger partial charge in [-0.1, -0.05) is 38.1 Å². The van der Waals surface area contributed by atoms with Gasteiger partial charge in [0, 0.05) is 12.6 Å². The molecule has 0 saturated carbocycles. The zero-order valence-electron chi connectivity index (χ0n) is 19.1. The number of benzene rings is 2. The lowest BCUT2D eigenvalue weighted by molar-refractivity contribution is -0.129. The van der Waals surface area contributed by atoms with E-state index in [2.05, 4.69) is 10.6 Å². The number of rotatable bonds is 10. The summed E-state index contributed by atoms with van der Waals surface area (Å²) < 4.78 is 11.1. The maximum absolute atomic E-state index is 12.8. The van der Waals surface area contributed by atoms with E-state index in [9.17, 15) is 9.59 Å². The minimum atomic E-state index is -0.655. The van der Waals surface area contributed by atoms with Crippen LogP contribution in [-0.4, -0.2) is 50.7 Å². The summed E-state index contributed by atoms with van der Waals surface area (Å²) in [6, 6.07) is 15.4. The quantitative estimate of drug-likeness (QED) is 0.595. The number of nitrogens with zero attached hydrogens (tertiary/aromatic N) is 1. The van der Waals surface area contributed by atoms with Crippen LogP contribution in [0.4, 0.5) is 5.69 Å². The minimum Gasteiger partial charge on any atom is -0.497 e. The van der Waals surface area contributed by atoms with Gasteiger partial charge in [0.15, 0.2) is 6.10 Å². The highest BCUT2D eigenvalue weighted by Crippen LogP contribution is 2.33. The molecule has 2 aromatic carbocycles. The van der Waals surface area contributed by atoms with E-state index in [-0.39, 0.29) is 24.4 Å². The fourth-order valence-corrected chi connectivity index (χ4v) is 3.75.